The van der Waals surface area contributed by atoms with Crippen molar-refractivity contribution < 1.29 is 4.74 Å². The van der Waals surface area contributed by atoms with Crippen LogP contribution in [0.2, 0.25) is 0 Å². The van der Waals surface area contributed by atoms with Gasteiger partial charge in [0.05, 0.1) is 12.4 Å². The summed E-state index contributed by atoms with van der Waals surface area (Å²) in [6, 6.07) is 0. The Kier molecular flexibility index (Phi) is 3.48. The first-order valence-electron chi connectivity index (χ1n) is 9.17. The number of likely N-dealkylation sites (tertiary alicyclic amines) is 2. The van der Waals surface area contributed by atoms with Crippen LogP contribution in [-0.4, -0.2) is 74.2 Å². The number of likely N-dealkylation sites (N-methyl/N-ethyl adjacent to an activating group) is 1. The third-order valence-corrected chi connectivity index (χ3v) is 6.25. The van der Waals surface area contributed by atoms with Crippen LogP contribution in [0.25, 0.3) is 11.2 Å². The number of fused-ring (bicyclic) bond motifs is 1. The van der Waals surface area contributed by atoms with Gasteiger partial charge in [-0.25, -0.2) is 15.0 Å². The molecule has 5 rings (SSSR count). The summed E-state index contributed by atoms with van der Waals surface area (Å²) >= 11 is 0. The number of aromatic nitrogens is 4. The monoisotopic (exact) mass is 343 g/mol. The smallest absolute Gasteiger partial charge is 0.167 e. The number of nitrogens with zero attached hydrogens (tertiary/aromatic N) is 6. The largest absolute Gasteiger partial charge is 0.382 e. The van der Waals surface area contributed by atoms with Gasteiger partial charge in [0.15, 0.2) is 11.5 Å². The fourth-order valence-corrected chi connectivity index (χ4v) is 4.75. The number of ether oxygens (including phenoxy) is 1. The molecule has 25 heavy (non-hydrogen) atoms. The summed E-state index contributed by atoms with van der Waals surface area (Å²) < 4.78 is 8.36. The Labute approximate surface area is 147 Å². The van der Waals surface area contributed by atoms with E-state index in [0.29, 0.717) is 16.9 Å². The normalized spacial score (nSPS) is 33.5. The summed E-state index contributed by atoms with van der Waals surface area (Å²) in [6.45, 7) is 4.66. The third kappa shape index (κ3) is 2.43. The maximum atomic E-state index is 6.36. The zero-order valence-corrected chi connectivity index (χ0v) is 14.6. The lowest BCUT2D eigenvalue weighted by Gasteiger charge is -2.51. The standard InChI is InChI=1S/C17H25N7O/c1-22-6-4-17(9-22)5-7-23(17)8-12-2-3-13(25-12)24-11-21-14-15(18)19-10-20-16(14)24/h10-13H,2-9H2,1H3,(H2,18,19,20). The highest BCUT2D eigenvalue weighted by Gasteiger charge is 2.49. The quantitative estimate of drug-likeness (QED) is 0.885. The first-order valence-corrected chi connectivity index (χ1v) is 9.17. The second kappa shape index (κ2) is 5.62. The van der Waals surface area contributed by atoms with Gasteiger partial charge >= 0.3 is 0 Å². The molecular weight excluding hydrogens is 318 g/mol. The van der Waals surface area contributed by atoms with Crippen molar-refractivity contribution in [3.63, 3.8) is 0 Å². The zero-order valence-electron chi connectivity index (χ0n) is 14.6. The molecule has 1 spiro atoms. The molecule has 3 saturated heterocycles. The van der Waals surface area contributed by atoms with Crippen LogP contribution in [0.3, 0.4) is 0 Å². The van der Waals surface area contributed by atoms with Crippen LogP contribution >= 0.6 is 0 Å². The molecule has 3 aliphatic rings. The Balaban J connectivity index is 1.28. The van der Waals surface area contributed by atoms with Gasteiger partial charge < -0.3 is 15.4 Å². The van der Waals surface area contributed by atoms with Crippen LogP contribution in [0, 0.1) is 0 Å². The van der Waals surface area contributed by atoms with Gasteiger partial charge in [0.2, 0.25) is 0 Å². The SMILES string of the molecule is CN1CCC2(CCN2CC2CCC(n3cnc4c(N)ncnc43)O2)C1. The molecule has 8 nitrogen and oxygen atoms in total. The molecule has 3 atom stereocenters. The van der Waals surface area contributed by atoms with E-state index in [9.17, 15) is 0 Å². The number of hydrogen-bond donors (Lipinski definition) is 1. The van der Waals surface area contributed by atoms with Gasteiger partial charge in [-0.1, -0.05) is 0 Å². The second-order valence-corrected chi connectivity index (χ2v) is 7.78. The van der Waals surface area contributed by atoms with Gasteiger partial charge in [-0.05, 0) is 39.3 Å². The number of imidazole rings is 1. The van der Waals surface area contributed by atoms with E-state index in [1.165, 1.54) is 38.8 Å². The Bertz CT molecular complexity index is 792. The summed E-state index contributed by atoms with van der Waals surface area (Å²) in [7, 11) is 2.23. The zero-order chi connectivity index (χ0) is 17.0. The molecule has 3 fully saturated rings. The van der Waals surface area contributed by atoms with Crippen molar-refractivity contribution in [3.05, 3.63) is 12.7 Å². The molecule has 0 radical (unpaired) electrons. The van der Waals surface area contributed by atoms with Crippen molar-refractivity contribution in [2.24, 2.45) is 0 Å². The molecule has 0 amide bonds. The number of nitrogen functional groups attached to an aromatic ring is 1. The van der Waals surface area contributed by atoms with Crippen molar-refractivity contribution in [2.75, 3.05) is 39.0 Å². The molecule has 8 heteroatoms. The van der Waals surface area contributed by atoms with Crippen molar-refractivity contribution >= 4 is 17.0 Å². The molecule has 0 aliphatic carbocycles. The second-order valence-electron chi connectivity index (χ2n) is 7.78. The van der Waals surface area contributed by atoms with Gasteiger partial charge in [-0.15, -0.1) is 0 Å². The highest BCUT2D eigenvalue weighted by Crippen LogP contribution is 2.40. The fraction of sp³-hybridized carbons (Fsp3) is 0.706. The fourth-order valence-electron chi connectivity index (χ4n) is 4.75. The average molecular weight is 343 g/mol. The van der Waals surface area contributed by atoms with Crippen molar-refractivity contribution in [2.45, 2.75) is 43.6 Å². The Morgan fingerprint density at radius 2 is 2.12 bits per heavy atom. The van der Waals surface area contributed by atoms with Crippen molar-refractivity contribution in [1.82, 2.24) is 29.3 Å². The van der Waals surface area contributed by atoms with E-state index in [4.69, 9.17) is 10.5 Å². The molecule has 0 saturated carbocycles. The lowest BCUT2D eigenvalue weighted by molar-refractivity contribution is -0.0668. The van der Waals surface area contributed by atoms with Gasteiger partial charge in [0.25, 0.3) is 0 Å². The summed E-state index contributed by atoms with van der Waals surface area (Å²) in [5.41, 5.74) is 7.72. The molecule has 134 valence electrons. The predicted octanol–water partition coefficient (Wildman–Crippen LogP) is 0.866. The first kappa shape index (κ1) is 15.5. The number of hydrogen-bond acceptors (Lipinski definition) is 7. The van der Waals surface area contributed by atoms with E-state index < -0.39 is 0 Å². The van der Waals surface area contributed by atoms with Crippen LogP contribution in [0.1, 0.15) is 31.9 Å². The number of nitrogens with two attached hydrogens (primary N) is 1. The Morgan fingerprint density at radius 3 is 2.88 bits per heavy atom. The third-order valence-electron chi connectivity index (χ3n) is 6.25. The molecule has 5 heterocycles. The Morgan fingerprint density at radius 1 is 1.24 bits per heavy atom. The Hall–Kier alpha value is -1.77. The van der Waals surface area contributed by atoms with Crippen LogP contribution in [0.5, 0.6) is 0 Å². The van der Waals surface area contributed by atoms with Crippen molar-refractivity contribution in [3.8, 4) is 0 Å². The minimum atomic E-state index is -0.00669. The molecule has 2 N–H and O–H groups in total. The molecule has 3 aliphatic heterocycles. The minimum absolute atomic E-state index is 0.00669. The van der Waals surface area contributed by atoms with E-state index in [1.807, 2.05) is 4.57 Å². The van der Waals surface area contributed by atoms with Crippen LogP contribution in [-0.2, 0) is 4.74 Å². The van der Waals surface area contributed by atoms with Crippen LogP contribution in [0.15, 0.2) is 12.7 Å². The summed E-state index contributed by atoms with van der Waals surface area (Å²) in [5.74, 6) is 0.422. The van der Waals surface area contributed by atoms with E-state index in [2.05, 4.69) is 31.8 Å². The summed E-state index contributed by atoms with van der Waals surface area (Å²) in [4.78, 5) is 17.8. The molecule has 2 aromatic rings. The topological polar surface area (TPSA) is 85.3 Å². The highest BCUT2D eigenvalue weighted by molar-refractivity contribution is 5.81. The predicted molar refractivity (Wildman–Crippen MR) is 93.9 cm³/mol. The summed E-state index contributed by atoms with van der Waals surface area (Å²) in [5, 5.41) is 0. The van der Waals surface area contributed by atoms with E-state index in [0.717, 1.165) is 25.0 Å². The summed E-state index contributed by atoms with van der Waals surface area (Å²) in [6.07, 6.45) is 8.23. The van der Waals surface area contributed by atoms with Gasteiger partial charge in [-0.3, -0.25) is 9.47 Å². The lowest BCUT2D eigenvalue weighted by atomic mass is 9.83. The lowest BCUT2D eigenvalue weighted by Crippen LogP contribution is -2.62. The molecule has 3 unspecified atom stereocenters. The van der Waals surface area contributed by atoms with E-state index in [-0.39, 0.29) is 12.3 Å². The van der Waals surface area contributed by atoms with Crippen LogP contribution in [0.4, 0.5) is 5.82 Å². The molecular formula is C17H25N7O. The van der Waals surface area contributed by atoms with Gasteiger partial charge in [0.1, 0.15) is 18.1 Å². The molecule has 0 bridgehead atoms. The first-order chi connectivity index (χ1) is 12.1. The maximum Gasteiger partial charge on any atom is 0.167 e. The number of anilines is 1. The van der Waals surface area contributed by atoms with Gasteiger partial charge in [-0.2, -0.15) is 0 Å². The van der Waals surface area contributed by atoms with E-state index >= 15 is 0 Å². The molecule has 2 aromatic heterocycles. The highest BCUT2D eigenvalue weighted by atomic mass is 16.5. The van der Waals surface area contributed by atoms with Crippen molar-refractivity contribution in [1.29, 1.82) is 0 Å². The van der Waals surface area contributed by atoms with E-state index in [1.54, 1.807) is 6.33 Å². The molecule has 0 aromatic carbocycles. The number of rotatable bonds is 3. The maximum absolute atomic E-state index is 6.36. The average Bonchev–Trinajstić information content (AvgIpc) is 3.30. The van der Waals surface area contributed by atoms with Crippen LogP contribution < -0.4 is 5.73 Å². The van der Waals surface area contributed by atoms with Gasteiger partial charge in [0, 0.05) is 25.2 Å². The minimum Gasteiger partial charge on any atom is -0.382 e.